The van der Waals surface area contributed by atoms with Crippen molar-refractivity contribution in [3.05, 3.63) is 77.4 Å². The van der Waals surface area contributed by atoms with Crippen molar-refractivity contribution in [3.8, 4) is 5.75 Å². The lowest BCUT2D eigenvalue weighted by atomic mass is 9.94. The van der Waals surface area contributed by atoms with E-state index in [4.69, 9.17) is 9.26 Å². The molecule has 0 aliphatic carbocycles. The molecular formula is C22H23N3O3. The molecule has 0 radical (unpaired) electrons. The van der Waals surface area contributed by atoms with E-state index in [2.05, 4.69) is 10.1 Å². The Hall–Kier alpha value is -3.15. The van der Waals surface area contributed by atoms with Crippen LogP contribution in [0.25, 0.3) is 0 Å². The Morgan fingerprint density at radius 3 is 2.64 bits per heavy atom. The van der Waals surface area contributed by atoms with Gasteiger partial charge in [-0.2, -0.15) is 4.98 Å². The first-order valence-corrected chi connectivity index (χ1v) is 9.46. The predicted molar refractivity (Wildman–Crippen MR) is 104 cm³/mol. The van der Waals surface area contributed by atoms with Gasteiger partial charge >= 0.3 is 0 Å². The summed E-state index contributed by atoms with van der Waals surface area (Å²) in [6, 6.07) is 17.6. The molecule has 1 aliphatic rings. The van der Waals surface area contributed by atoms with Crippen LogP contribution in [0.1, 0.15) is 41.6 Å². The molecule has 0 spiro atoms. The zero-order chi connectivity index (χ0) is 19.5. The second kappa shape index (κ2) is 7.84. The second-order valence-electron chi connectivity index (χ2n) is 7.17. The highest BCUT2D eigenvalue weighted by Gasteiger charge is 2.36. The first kappa shape index (κ1) is 18.2. The lowest BCUT2D eigenvalue weighted by Gasteiger charge is -2.39. The van der Waals surface area contributed by atoms with Gasteiger partial charge < -0.3 is 14.2 Å². The number of carbonyl (C=O) groups excluding carboxylic acids is 1. The third-order valence-electron chi connectivity index (χ3n) is 5.16. The van der Waals surface area contributed by atoms with Gasteiger partial charge in [0.15, 0.2) is 12.4 Å². The van der Waals surface area contributed by atoms with Gasteiger partial charge in [0, 0.05) is 13.1 Å². The van der Waals surface area contributed by atoms with E-state index in [-0.39, 0.29) is 24.3 Å². The number of rotatable bonds is 6. The van der Waals surface area contributed by atoms with Gasteiger partial charge in [-0.3, -0.25) is 4.79 Å². The van der Waals surface area contributed by atoms with Crippen LogP contribution in [0.5, 0.6) is 5.75 Å². The average Bonchev–Trinajstić information content (AvgIpc) is 3.14. The standard InChI is InChI=1S/C22H23N3O3/c1-15-8-6-7-11-19(15)27-14-20-23-21(24-28-20)18-12-25(13-18)22(26)16(2)17-9-4-3-5-10-17/h3-11,16,18H,12-14H2,1-2H3. The summed E-state index contributed by atoms with van der Waals surface area (Å²) in [5, 5.41) is 4.07. The highest BCUT2D eigenvalue weighted by Crippen LogP contribution is 2.29. The first-order chi connectivity index (χ1) is 13.6. The zero-order valence-corrected chi connectivity index (χ0v) is 16.0. The molecule has 1 atom stereocenters. The minimum atomic E-state index is -0.148. The molecule has 6 heteroatoms. The SMILES string of the molecule is Cc1ccccc1OCc1nc(C2CN(C(=O)C(C)c3ccccc3)C2)no1. The van der Waals surface area contributed by atoms with Crippen LogP contribution in [0.15, 0.2) is 59.1 Å². The van der Waals surface area contributed by atoms with Gasteiger partial charge in [0.25, 0.3) is 5.89 Å². The van der Waals surface area contributed by atoms with E-state index in [9.17, 15) is 4.79 Å². The Labute approximate surface area is 164 Å². The van der Waals surface area contributed by atoms with Crippen molar-refractivity contribution in [2.45, 2.75) is 32.3 Å². The number of ether oxygens (including phenoxy) is 1. The third-order valence-corrected chi connectivity index (χ3v) is 5.16. The maximum Gasteiger partial charge on any atom is 0.264 e. The molecule has 1 aromatic heterocycles. The summed E-state index contributed by atoms with van der Waals surface area (Å²) >= 11 is 0. The normalized spacial score (nSPS) is 15.1. The van der Waals surface area contributed by atoms with E-state index in [1.165, 1.54) is 0 Å². The first-order valence-electron chi connectivity index (χ1n) is 9.46. The summed E-state index contributed by atoms with van der Waals surface area (Å²) in [5.41, 5.74) is 2.09. The van der Waals surface area contributed by atoms with Gasteiger partial charge in [-0.25, -0.2) is 0 Å². The number of carbonyl (C=O) groups is 1. The Bertz CT molecular complexity index is 948. The maximum atomic E-state index is 12.6. The molecule has 0 N–H and O–H groups in total. The third kappa shape index (κ3) is 3.76. The fourth-order valence-electron chi connectivity index (χ4n) is 3.33. The van der Waals surface area contributed by atoms with Crippen molar-refractivity contribution >= 4 is 5.91 Å². The van der Waals surface area contributed by atoms with Crippen molar-refractivity contribution in [1.29, 1.82) is 0 Å². The number of para-hydroxylation sites is 1. The van der Waals surface area contributed by atoms with Gasteiger partial charge in [-0.05, 0) is 31.0 Å². The predicted octanol–water partition coefficient (Wildman–Crippen LogP) is 3.69. The number of hydrogen-bond acceptors (Lipinski definition) is 5. The topological polar surface area (TPSA) is 68.5 Å². The fourth-order valence-corrected chi connectivity index (χ4v) is 3.33. The molecule has 2 heterocycles. The van der Waals surface area contributed by atoms with Crippen LogP contribution in [0, 0.1) is 6.92 Å². The van der Waals surface area contributed by atoms with Gasteiger partial charge in [0.1, 0.15) is 5.75 Å². The van der Waals surface area contributed by atoms with E-state index in [0.717, 1.165) is 16.9 Å². The number of likely N-dealkylation sites (tertiary alicyclic amines) is 1. The van der Waals surface area contributed by atoms with Crippen LogP contribution in [0.3, 0.4) is 0 Å². The van der Waals surface area contributed by atoms with E-state index in [0.29, 0.717) is 24.8 Å². The fraction of sp³-hybridized carbons (Fsp3) is 0.318. The van der Waals surface area contributed by atoms with Crippen molar-refractivity contribution in [1.82, 2.24) is 15.0 Å². The van der Waals surface area contributed by atoms with Crippen molar-refractivity contribution in [3.63, 3.8) is 0 Å². The highest BCUT2D eigenvalue weighted by molar-refractivity contribution is 5.84. The van der Waals surface area contributed by atoms with Crippen LogP contribution >= 0.6 is 0 Å². The van der Waals surface area contributed by atoms with Crippen molar-refractivity contribution < 1.29 is 14.1 Å². The van der Waals surface area contributed by atoms with E-state index in [1.54, 1.807) is 0 Å². The molecule has 0 saturated carbocycles. The number of nitrogens with zero attached hydrogens (tertiary/aromatic N) is 3. The number of hydrogen-bond donors (Lipinski definition) is 0. The maximum absolute atomic E-state index is 12.6. The van der Waals surface area contributed by atoms with Crippen molar-refractivity contribution in [2.24, 2.45) is 0 Å². The smallest absolute Gasteiger partial charge is 0.264 e. The molecule has 144 valence electrons. The largest absolute Gasteiger partial charge is 0.483 e. The monoisotopic (exact) mass is 377 g/mol. The summed E-state index contributed by atoms with van der Waals surface area (Å²) in [6.45, 7) is 5.41. The lowest BCUT2D eigenvalue weighted by molar-refractivity contribution is -0.137. The molecule has 1 saturated heterocycles. The Morgan fingerprint density at radius 2 is 1.89 bits per heavy atom. The summed E-state index contributed by atoms with van der Waals surface area (Å²) in [4.78, 5) is 18.9. The molecule has 2 aromatic carbocycles. The second-order valence-corrected chi connectivity index (χ2v) is 7.17. The molecule has 3 aromatic rings. The van der Waals surface area contributed by atoms with Gasteiger partial charge in [0.2, 0.25) is 5.91 Å². The number of aryl methyl sites for hydroxylation is 1. The highest BCUT2D eigenvalue weighted by atomic mass is 16.5. The summed E-state index contributed by atoms with van der Waals surface area (Å²) < 4.78 is 11.1. The van der Waals surface area contributed by atoms with Crippen LogP contribution in [-0.4, -0.2) is 34.0 Å². The molecule has 1 aliphatic heterocycles. The Morgan fingerprint density at radius 1 is 1.18 bits per heavy atom. The summed E-state index contributed by atoms with van der Waals surface area (Å²) in [5.74, 6) is 1.99. The van der Waals surface area contributed by atoms with Gasteiger partial charge in [0.05, 0.1) is 11.8 Å². The van der Waals surface area contributed by atoms with E-state index in [1.807, 2.05) is 73.3 Å². The molecular weight excluding hydrogens is 354 g/mol. The molecule has 1 amide bonds. The van der Waals surface area contributed by atoms with Crippen LogP contribution in [0.2, 0.25) is 0 Å². The molecule has 28 heavy (non-hydrogen) atoms. The molecule has 1 unspecified atom stereocenters. The minimum absolute atomic E-state index is 0.114. The average molecular weight is 377 g/mol. The zero-order valence-electron chi connectivity index (χ0n) is 16.0. The van der Waals surface area contributed by atoms with Crippen LogP contribution in [0.4, 0.5) is 0 Å². The summed E-state index contributed by atoms with van der Waals surface area (Å²) in [6.07, 6.45) is 0. The number of aromatic nitrogens is 2. The van der Waals surface area contributed by atoms with Gasteiger partial charge in [-0.1, -0.05) is 53.7 Å². The lowest BCUT2D eigenvalue weighted by Crippen LogP contribution is -2.50. The molecule has 6 nitrogen and oxygen atoms in total. The molecule has 4 rings (SSSR count). The van der Waals surface area contributed by atoms with Crippen molar-refractivity contribution in [2.75, 3.05) is 13.1 Å². The molecule has 1 fully saturated rings. The van der Waals surface area contributed by atoms with E-state index >= 15 is 0 Å². The van der Waals surface area contributed by atoms with Crippen LogP contribution in [-0.2, 0) is 11.4 Å². The Balaban J connectivity index is 1.30. The molecule has 0 bridgehead atoms. The number of amides is 1. The Kier molecular flexibility index (Phi) is 5.10. The van der Waals surface area contributed by atoms with Crippen LogP contribution < -0.4 is 4.74 Å². The van der Waals surface area contributed by atoms with Gasteiger partial charge in [-0.15, -0.1) is 0 Å². The number of benzene rings is 2. The summed E-state index contributed by atoms with van der Waals surface area (Å²) in [7, 11) is 0. The van der Waals surface area contributed by atoms with E-state index < -0.39 is 0 Å². The quantitative estimate of drug-likeness (QED) is 0.655. The minimum Gasteiger partial charge on any atom is -0.483 e.